The first-order valence-corrected chi connectivity index (χ1v) is 6.62. The maximum atomic E-state index is 9.64. The molecule has 0 amide bonds. The molecule has 2 unspecified atom stereocenters. The van der Waals surface area contributed by atoms with Crippen molar-refractivity contribution in [3.05, 3.63) is 28.8 Å². The molecule has 1 rings (SSSR count). The summed E-state index contributed by atoms with van der Waals surface area (Å²) >= 11 is 0. The van der Waals surface area contributed by atoms with E-state index in [1.807, 2.05) is 13.0 Å². The van der Waals surface area contributed by atoms with E-state index in [-0.39, 0.29) is 0 Å². The number of hydrogen-bond acceptors (Lipinski definition) is 3. The zero-order valence-corrected chi connectivity index (χ0v) is 11.9. The van der Waals surface area contributed by atoms with Crippen molar-refractivity contribution in [3.8, 4) is 5.75 Å². The predicted octanol–water partition coefficient (Wildman–Crippen LogP) is 2.52. The van der Waals surface area contributed by atoms with Gasteiger partial charge in [0.25, 0.3) is 0 Å². The van der Waals surface area contributed by atoms with Crippen LogP contribution >= 0.6 is 0 Å². The Balaban J connectivity index is 2.93. The summed E-state index contributed by atoms with van der Waals surface area (Å²) < 4.78 is 5.59. The Kier molecular flexibility index (Phi) is 5.63. The van der Waals surface area contributed by atoms with Crippen LogP contribution in [0.5, 0.6) is 5.75 Å². The molecule has 1 aromatic carbocycles. The van der Waals surface area contributed by atoms with E-state index in [9.17, 15) is 5.11 Å². The van der Waals surface area contributed by atoms with E-state index < -0.39 is 6.10 Å². The van der Waals surface area contributed by atoms with Gasteiger partial charge in [0.05, 0.1) is 12.7 Å². The molecule has 3 N–H and O–H groups in total. The summed E-state index contributed by atoms with van der Waals surface area (Å²) in [6.07, 6.45) is 0.274. The molecule has 0 heterocycles. The van der Waals surface area contributed by atoms with Crippen molar-refractivity contribution in [3.63, 3.8) is 0 Å². The number of hydrogen-bond donors (Lipinski definition) is 2. The van der Waals surface area contributed by atoms with Crippen LogP contribution < -0.4 is 10.5 Å². The van der Waals surface area contributed by atoms with Crippen LogP contribution in [0.3, 0.4) is 0 Å². The second-order valence-corrected chi connectivity index (χ2v) is 4.86. The van der Waals surface area contributed by atoms with Crippen LogP contribution in [0.25, 0.3) is 0 Å². The molecule has 0 spiro atoms. The van der Waals surface area contributed by atoms with Crippen LogP contribution in [0.4, 0.5) is 0 Å². The minimum absolute atomic E-state index is 0.304. The van der Waals surface area contributed by atoms with Crippen LogP contribution in [-0.4, -0.2) is 24.4 Å². The molecule has 3 nitrogen and oxygen atoms in total. The zero-order valence-electron chi connectivity index (χ0n) is 11.9. The lowest BCUT2D eigenvalue weighted by atomic mass is 9.89. The first kappa shape index (κ1) is 15.0. The molecule has 0 aliphatic carbocycles. The van der Waals surface area contributed by atoms with Crippen LogP contribution in [0.15, 0.2) is 12.1 Å². The lowest BCUT2D eigenvalue weighted by Gasteiger charge is -2.20. The number of aliphatic hydroxyl groups excluding tert-OH is 1. The molecule has 0 bridgehead atoms. The number of benzene rings is 1. The minimum atomic E-state index is -0.425. The quantitative estimate of drug-likeness (QED) is 0.817. The largest absolute Gasteiger partial charge is 0.494 e. The number of nitrogens with two attached hydrogens (primary N) is 1. The topological polar surface area (TPSA) is 55.5 Å². The van der Waals surface area contributed by atoms with E-state index >= 15 is 0 Å². The first-order chi connectivity index (χ1) is 8.51. The van der Waals surface area contributed by atoms with Gasteiger partial charge in [0, 0.05) is 6.54 Å². The first-order valence-electron chi connectivity index (χ1n) is 6.62. The van der Waals surface area contributed by atoms with Gasteiger partial charge >= 0.3 is 0 Å². The highest BCUT2D eigenvalue weighted by Gasteiger charge is 2.15. The van der Waals surface area contributed by atoms with Crippen molar-refractivity contribution in [1.29, 1.82) is 0 Å². The Morgan fingerprint density at radius 2 is 1.94 bits per heavy atom. The van der Waals surface area contributed by atoms with Crippen LogP contribution in [0, 0.1) is 13.8 Å². The standard InChI is InChI=1S/C15H25NO2/c1-5-18-15-7-6-14(11(3)12(15)4)10(2)8-13(17)9-16/h6-7,10,13,17H,5,8-9,16H2,1-4H3. The molecule has 0 saturated carbocycles. The highest BCUT2D eigenvalue weighted by molar-refractivity contribution is 5.44. The van der Waals surface area contributed by atoms with Gasteiger partial charge in [-0.25, -0.2) is 0 Å². The maximum Gasteiger partial charge on any atom is 0.122 e. The number of aliphatic hydroxyl groups is 1. The summed E-state index contributed by atoms with van der Waals surface area (Å²) in [5.41, 5.74) is 9.16. The average molecular weight is 251 g/mol. The normalized spacial score (nSPS) is 14.3. The summed E-state index contributed by atoms with van der Waals surface area (Å²) in [4.78, 5) is 0. The van der Waals surface area contributed by atoms with E-state index in [2.05, 4.69) is 26.8 Å². The Labute approximate surface area is 110 Å². The third kappa shape index (κ3) is 3.47. The third-order valence-corrected chi connectivity index (χ3v) is 3.51. The van der Waals surface area contributed by atoms with Crippen molar-refractivity contribution >= 4 is 0 Å². The summed E-state index contributed by atoms with van der Waals surface area (Å²) in [6.45, 7) is 9.30. The predicted molar refractivity (Wildman–Crippen MR) is 75.2 cm³/mol. The van der Waals surface area contributed by atoms with Gasteiger partial charge in [0.2, 0.25) is 0 Å². The molecule has 2 atom stereocenters. The summed E-state index contributed by atoms with van der Waals surface area (Å²) in [5, 5.41) is 9.64. The molecule has 3 heteroatoms. The number of ether oxygens (including phenoxy) is 1. The Bertz CT molecular complexity index is 390. The SMILES string of the molecule is CCOc1ccc(C(C)CC(O)CN)c(C)c1C. The smallest absolute Gasteiger partial charge is 0.122 e. The van der Waals surface area contributed by atoms with E-state index in [0.29, 0.717) is 25.5 Å². The van der Waals surface area contributed by atoms with Gasteiger partial charge in [-0.15, -0.1) is 0 Å². The lowest BCUT2D eigenvalue weighted by Crippen LogP contribution is -2.21. The van der Waals surface area contributed by atoms with Gasteiger partial charge in [-0.3, -0.25) is 0 Å². The van der Waals surface area contributed by atoms with Crippen molar-refractivity contribution < 1.29 is 9.84 Å². The zero-order chi connectivity index (χ0) is 13.7. The van der Waals surface area contributed by atoms with Crippen molar-refractivity contribution in [2.75, 3.05) is 13.2 Å². The fraction of sp³-hybridized carbons (Fsp3) is 0.600. The molecule has 1 aromatic rings. The second-order valence-electron chi connectivity index (χ2n) is 4.86. The van der Waals surface area contributed by atoms with E-state index in [4.69, 9.17) is 10.5 Å². The number of rotatable bonds is 6. The molecule has 0 aliphatic heterocycles. The molecule has 0 aliphatic rings. The van der Waals surface area contributed by atoms with Crippen molar-refractivity contribution in [2.24, 2.45) is 5.73 Å². The average Bonchev–Trinajstić information content (AvgIpc) is 2.35. The summed E-state index contributed by atoms with van der Waals surface area (Å²) in [6, 6.07) is 4.12. The molecule has 0 radical (unpaired) electrons. The van der Waals surface area contributed by atoms with Gasteiger partial charge in [-0.1, -0.05) is 13.0 Å². The molecule has 102 valence electrons. The molecule has 0 saturated heterocycles. The lowest BCUT2D eigenvalue weighted by molar-refractivity contribution is 0.165. The van der Waals surface area contributed by atoms with Gasteiger partial charge < -0.3 is 15.6 Å². The van der Waals surface area contributed by atoms with Crippen LogP contribution in [0.2, 0.25) is 0 Å². The molecular formula is C15H25NO2. The van der Waals surface area contributed by atoms with E-state index in [0.717, 1.165) is 5.75 Å². The summed E-state index contributed by atoms with van der Waals surface area (Å²) in [5.74, 6) is 1.25. The highest BCUT2D eigenvalue weighted by atomic mass is 16.5. The van der Waals surface area contributed by atoms with Crippen LogP contribution in [-0.2, 0) is 0 Å². The minimum Gasteiger partial charge on any atom is -0.494 e. The maximum absolute atomic E-state index is 9.64. The van der Waals surface area contributed by atoms with Gasteiger partial charge in [-0.2, -0.15) is 0 Å². The molecular weight excluding hydrogens is 226 g/mol. The molecule has 0 fully saturated rings. The van der Waals surface area contributed by atoms with Gasteiger partial charge in [0.15, 0.2) is 0 Å². The Morgan fingerprint density at radius 3 is 2.50 bits per heavy atom. The monoisotopic (exact) mass is 251 g/mol. The molecule has 18 heavy (non-hydrogen) atoms. The third-order valence-electron chi connectivity index (χ3n) is 3.51. The van der Waals surface area contributed by atoms with Crippen molar-refractivity contribution in [2.45, 2.75) is 46.1 Å². The van der Waals surface area contributed by atoms with Gasteiger partial charge in [0.1, 0.15) is 5.75 Å². The highest BCUT2D eigenvalue weighted by Crippen LogP contribution is 2.30. The fourth-order valence-electron chi connectivity index (χ4n) is 2.29. The van der Waals surface area contributed by atoms with E-state index in [1.54, 1.807) is 0 Å². The second kappa shape index (κ2) is 6.76. The van der Waals surface area contributed by atoms with E-state index in [1.165, 1.54) is 16.7 Å². The fourth-order valence-corrected chi connectivity index (χ4v) is 2.29. The van der Waals surface area contributed by atoms with Crippen LogP contribution in [0.1, 0.15) is 42.9 Å². The van der Waals surface area contributed by atoms with Crippen molar-refractivity contribution in [1.82, 2.24) is 0 Å². The van der Waals surface area contributed by atoms with Gasteiger partial charge in [-0.05, 0) is 55.9 Å². The Hall–Kier alpha value is -1.06. The summed E-state index contributed by atoms with van der Waals surface area (Å²) in [7, 11) is 0. The molecule has 0 aromatic heterocycles. The Morgan fingerprint density at radius 1 is 1.28 bits per heavy atom.